The topological polar surface area (TPSA) is 63.7 Å². The molecule has 2 heterocycles. The summed E-state index contributed by atoms with van der Waals surface area (Å²) in [6.45, 7) is 2.57. The Morgan fingerprint density at radius 2 is 2.05 bits per heavy atom. The highest BCUT2D eigenvalue weighted by atomic mass is 16.5. The van der Waals surface area contributed by atoms with Gasteiger partial charge in [-0.15, -0.1) is 5.10 Å². The van der Waals surface area contributed by atoms with Crippen LogP contribution in [0, 0.1) is 17.2 Å². The molecule has 5 nitrogen and oxygen atoms in total. The summed E-state index contributed by atoms with van der Waals surface area (Å²) in [5.74, 6) is 1.34. The Kier molecular flexibility index (Phi) is 4.31. The van der Waals surface area contributed by atoms with E-state index in [4.69, 9.17) is 10.00 Å². The molecule has 0 radical (unpaired) electrons. The minimum absolute atomic E-state index is 0.371. The minimum Gasteiger partial charge on any atom is -0.381 e. The number of aryl methyl sites for hydroxylation is 1. The van der Waals surface area contributed by atoms with E-state index in [-0.39, 0.29) is 0 Å². The van der Waals surface area contributed by atoms with Gasteiger partial charge in [0.1, 0.15) is 5.69 Å². The number of ether oxygens (including phenoxy) is 1. The van der Waals surface area contributed by atoms with Gasteiger partial charge in [0.2, 0.25) is 0 Å². The fraction of sp³-hybridized carbons (Fsp3) is 0.800. The van der Waals surface area contributed by atoms with E-state index in [0.29, 0.717) is 12.3 Å². The largest absolute Gasteiger partial charge is 0.381 e. The fourth-order valence-electron chi connectivity index (χ4n) is 3.23. The molecular formula is C15H22N4O. The molecule has 2 fully saturated rings. The Hall–Kier alpha value is -1.41. The van der Waals surface area contributed by atoms with E-state index in [1.54, 1.807) is 0 Å². The van der Waals surface area contributed by atoms with Crippen molar-refractivity contribution in [2.75, 3.05) is 13.2 Å². The van der Waals surface area contributed by atoms with Crippen LogP contribution in [-0.4, -0.2) is 28.2 Å². The molecule has 3 rings (SSSR count). The van der Waals surface area contributed by atoms with E-state index in [1.807, 2.05) is 0 Å². The molecule has 0 aromatic carbocycles. The summed E-state index contributed by atoms with van der Waals surface area (Å²) >= 11 is 0. The van der Waals surface area contributed by atoms with Gasteiger partial charge in [-0.1, -0.05) is 24.5 Å². The first-order valence-electron chi connectivity index (χ1n) is 7.75. The third-order valence-corrected chi connectivity index (χ3v) is 4.68. The van der Waals surface area contributed by atoms with Crippen LogP contribution < -0.4 is 0 Å². The van der Waals surface area contributed by atoms with E-state index in [2.05, 4.69) is 21.1 Å². The third kappa shape index (κ3) is 2.85. The van der Waals surface area contributed by atoms with Gasteiger partial charge in [-0.2, -0.15) is 5.26 Å². The Labute approximate surface area is 119 Å². The van der Waals surface area contributed by atoms with Crippen molar-refractivity contribution in [2.45, 2.75) is 57.4 Å². The lowest BCUT2D eigenvalue weighted by Gasteiger charge is -2.27. The van der Waals surface area contributed by atoms with Crippen LogP contribution in [0.15, 0.2) is 0 Å². The molecule has 5 heteroatoms. The quantitative estimate of drug-likeness (QED) is 0.827. The zero-order valence-electron chi connectivity index (χ0n) is 11.9. The van der Waals surface area contributed by atoms with Crippen LogP contribution in [0.5, 0.6) is 0 Å². The van der Waals surface area contributed by atoms with Crippen molar-refractivity contribution in [2.24, 2.45) is 5.92 Å². The molecule has 0 atom stereocenters. The SMILES string of the molecule is N#CCc1nnn(CCC2CCC2)c1C1CCOCC1. The molecular weight excluding hydrogens is 252 g/mol. The first kappa shape index (κ1) is 13.6. The Bertz CT molecular complexity index is 481. The van der Waals surface area contributed by atoms with Gasteiger partial charge < -0.3 is 4.74 Å². The first-order valence-corrected chi connectivity index (χ1v) is 7.75. The van der Waals surface area contributed by atoms with E-state index in [1.165, 1.54) is 31.4 Å². The van der Waals surface area contributed by atoms with Crippen molar-refractivity contribution >= 4 is 0 Å². The Morgan fingerprint density at radius 1 is 1.25 bits per heavy atom. The molecule has 0 N–H and O–H groups in total. The smallest absolute Gasteiger partial charge is 0.100 e. The maximum atomic E-state index is 8.97. The highest BCUT2D eigenvalue weighted by molar-refractivity contribution is 5.19. The molecule has 1 aromatic heterocycles. The van der Waals surface area contributed by atoms with Gasteiger partial charge in [0.15, 0.2) is 0 Å². The number of hydrogen-bond donors (Lipinski definition) is 0. The summed E-state index contributed by atoms with van der Waals surface area (Å²) in [6, 6.07) is 2.22. The number of aromatic nitrogens is 3. The van der Waals surface area contributed by atoms with Gasteiger partial charge in [0.25, 0.3) is 0 Å². The second-order valence-corrected chi connectivity index (χ2v) is 5.95. The number of hydrogen-bond acceptors (Lipinski definition) is 4. The lowest BCUT2D eigenvalue weighted by atomic mass is 9.83. The fourth-order valence-corrected chi connectivity index (χ4v) is 3.23. The van der Waals surface area contributed by atoms with E-state index >= 15 is 0 Å². The Morgan fingerprint density at radius 3 is 2.70 bits per heavy atom. The number of nitriles is 1. The lowest BCUT2D eigenvalue weighted by Crippen LogP contribution is -2.21. The highest BCUT2D eigenvalue weighted by Gasteiger charge is 2.25. The molecule has 0 bridgehead atoms. The van der Waals surface area contributed by atoms with Crippen LogP contribution in [0.25, 0.3) is 0 Å². The van der Waals surface area contributed by atoms with Crippen molar-refractivity contribution < 1.29 is 4.74 Å². The molecule has 1 saturated heterocycles. The zero-order chi connectivity index (χ0) is 13.8. The van der Waals surface area contributed by atoms with E-state index in [0.717, 1.165) is 44.2 Å². The van der Waals surface area contributed by atoms with Crippen LogP contribution in [0.1, 0.15) is 55.8 Å². The predicted octanol–water partition coefficient (Wildman–Crippen LogP) is 2.43. The maximum Gasteiger partial charge on any atom is 0.100 e. The molecule has 0 amide bonds. The maximum absolute atomic E-state index is 8.97. The van der Waals surface area contributed by atoms with Gasteiger partial charge in [0.05, 0.1) is 18.2 Å². The Balaban J connectivity index is 1.75. The molecule has 0 spiro atoms. The van der Waals surface area contributed by atoms with Gasteiger partial charge in [-0.3, -0.25) is 0 Å². The van der Waals surface area contributed by atoms with Crippen molar-refractivity contribution in [1.82, 2.24) is 15.0 Å². The molecule has 1 aliphatic carbocycles. The predicted molar refractivity (Wildman–Crippen MR) is 74.1 cm³/mol. The summed E-state index contributed by atoms with van der Waals surface area (Å²) in [7, 11) is 0. The monoisotopic (exact) mass is 274 g/mol. The highest BCUT2D eigenvalue weighted by Crippen LogP contribution is 2.32. The van der Waals surface area contributed by atoms with E-state index in [9.17, 15) is 0 Å². The second-order valence-electron chi connectivity index (χ2n) is 5.95. The van der Waals surface area contributed by atoms with Crippen LogP contribution in [-0.2, 0) is 17.7 Å². The van der Waals surface area contributed by atoms with Crippen molar-refractivity contribution in [3.05, 3.63) is 11.4 Å². The molecule has 20 heavy (non-hydrogen) atoms. The molecule has 1 aromatic rings. The van der Waals surface area contributed by atoms with Gasteiger partial charge in [-0.25, -0.2) is 4.68 Å². The van der Waals surface area contributed by atoms with Crippen LogP contribution >= 0.6 is 0 Å². The van der Waals surface area contributed by atoms with Crippen molar-refractivity contribution in [3.63, 3.8) is 0 Å². The van der Waals surface area contributed by atoms with Crippen molar-refractivity contribution in [1.29, 1.82) is 5.26 Å². The van der Waals surface area contributed by atoms with Crippen molar-refractivity contribution in [3.8, 4) is 6.07 Å². The second kappa shape index (κ2) is 6.36. The van der Waals surface area contributed by atoms with Gasteiger partial charge in [0, 0.05) is 25.7 Å². The molecule has 108 valence electrons. The number of nitrogens with zero attached hydrogens (tertiary/aromatic N) is 4. The van der Waals surface area contributed by atoms with E-state index < -0.39 is 0 Å². The molecule has 0 unspecified atom stereocenters. The average Bonchev–Trinajstić information content (AvgIpc) is 2.81. The summed E-state index contributed by atoms with van der Waals surface area (Å²) in [6.07, 6.45) is 7.74. The van der Waals surface area contributed by atoms with Gasteiger partial charge >= 0.3 is 0 Å². The first-order chi connectivity index (χ1) is 9.88. The molecule has 2 aliphatic rings. The lowest BCUT2D eigenvalue weighted by molar-refractivity contribution is 0.0831. The van der Waals surface area contributed by atoms with Crippen LogP contribution in [0.2, 0.25) is 0 Å². The third-order valence-electron chi connectivity index (χ3n) is 4.68. The van der Waals surface area contributed by atoms with Crippen LogP contribution in [0.3, 0.4) is 0 Å². The van der Waals surface area contributed by atoms with Gasteiger partial charge in [-0.05, 0) is 25.2 Å². The molecule has 1 aliphatic heterocycles. The standard InChI is InChI=1S/C15H22N4O/c16-8-4-14-15(13-6-10-20-11-7-13)19(18-17-14)9-5-12-2-1-3-12/h12-13H,1-7,9-11H2. The average molecular weight is 274 g/mol. The van der Waals surface area contributed by atoms with Crippen LogP contribution in [0.4, 0.5) is 0 Å². The minimum atomic E-state index is 0.371. The summed E-state index contributed by atoms with van der Waals surface area (Å²) < 4.78 is 7.52. The normalized spacial score (nSPS) is 20.6. The number of rotatable bonds is 5. The summed E-state index contributed by atoms with van der Waals surface area (Å²) in [5, 5.41) is 17.5. The molecule has 1 saturated carbocycles. The zero-order valence-corrected chi connectivity index (χ0v) is 11.9. The summed E-state index contributed by atoms with van der Waals surface area (Å²) in [4.78, 5) is 0. The summed E-state index contributed by atoms with van der Waals surface area (Å²) in [5.41, 5.74) is 2.09.